The lowest BCUT2D eigenvalue weighted by molar-refractivity contribution is -0.141. The molecule has 0 fully saturated rings. The van der Waals surface area contributed by atoms with Crippen LogP contribution in [0.1, 0.15) is 18.1 Å². The molecule has 0 bridgehead atoms. The summed E-state index contributed by atoms with van der Waals surface area (Å²) in [5.74, 6) is -1.58. The maximum absolute atomic E-state index is 14.0. The van der Waals surface area contributed by atoms with Gasteiger partial charge in [-0.15, -0.1) is 0 Å². The number of carbonyl (C=O) groups is 1. The molecular weight excluding hydrogens is 373 g/mol. The van der Waals surface area contributed by atoms with Crippen LogP contribution < -0.4 is 9.04 Å². The van der Waals surface area contributed by atoms with Gasteiger partial charge in [0.1, 0.15) is 6.54 Å². The third kappa shape index (κ3) is 4.57. The van der Waals surface area contributed by atoms with Crippen molar-refractivity contribution in [2.45, 2.75) is 25.7 Å². The van der Waals surface area contributed by atoms with Crippen LogP contribution in [0.5, 0.6) is 5.75 Å². The number of nitrogens with zero attached hydrogens (tertiary/aromatic N) is 1. The summed E-state index contributed by atoms with van der Waals surface area (Å²) in [5.41, 5.74) is 2.13. The predicted octanol–water partition coefficient (Wildman–Crippen LogP) is 3.21. The van der Waals surface area contributed by atoms with Gasteiger partial charge in [0.05, 0.1) is 24.3 Å². The van der Waals surface area contributed by atoms with E-state index >= 15 is 0 Å². The fourth-order valence-corrected chi connectivity index (χ4v) is 3.87. The highest BCUT2D eigenvalue weighted by atomic mass is 32.2. The van der Waals surface area contributed by atoms with E-state index in [2.05, 4.69) is 0 Å². The first-order chi connectivity index (χ1) is 12.7. The molecule has 0 heterocycles. The van der Waals surface area contributed by atoms with Crippen LogP contribution in [0.2, 0.25) is 0 Å². The number of anilines is 1. The van der Waals surface area contributed by atoms with Gasteiger partial charge >= 0.3 is 5.97 Å². The number of aryl methyl sites for hydroxylation is 2. The number of hydrogen-bond acceptors (Lipinski definition) is 5. The Morgan fingerprint density at radius 1 is 1.11 bits per heavy atom. The van der Waals surface area contributed by atoms with E-state index in [9.17, 15) is 17.6 Å². The number of rotatable bonds is 7. The summed E-state index contributed by atoms with van der Waals surface area (Å²) in [6.45, 7) is 4.96. The summed E-state index contributed by atoms with van der Waals surface area (Å²) < 4.78 is 51.0. The number of ether oxygens (including phenoxy) is 2. The molecule has 2 rings (SSSR count). The molecule has 0 saturated carbocycles. The van der Waals surface area contributed by atoms with Crippen LogP contribution in [0.15, 0.2) is 41.3 Å². The minimum atomic E-state index is -4.21. The highest BCUT2D eigenvalue weighted by Crippen LogP contribution is 2.28. The van der Waals surface area contributed by atoms with E-state index in [1.165, 1.54) is 19.2 Å². The summed E-state index contributed by atoms with van der Waals surface area (Å²) in [6, 6.07) is 8.34. The van der Waals surface area contributed by atoms with Gasteiger partial charge in [0, 0.05) is 0 Å². The van der Waals surface area contributed by atoms with Crippen molar-refractivity contribution in [1.29, 1.82) is 0 Å². The first kappa shape index (κ1) is 20.7. The molecular formula is C19H22FNO5S. The maximum Gasteiger partial charge on any atom is 0.326 e. The second kappa shape index (κ2) is 8.39. The van der Waals surface area contributed by atoms with Crippen molar-refractivity contribution < 1.29 is 27.1 Å². The van der Waals surface area contributed by atoms with Gasteiger partial charge in [-0.1, -0.05) is 6.07 Å². The van der Waals surface area contributed by atoms with Crippen LogP contribution in [0.4, 0.5) is 10.1 Å². The number of benzene rings is 2. The molecule has 0 atom stereocenters. The highest BCUT2D eigenvalue weighted by Gasteiger charge is 2.29. The molecule has 0 saturated heterocycles. The Kier molecular flexibility index (Phi) is 6.43. The van der Waals surface area contributed by atoms with Gasteiger partial charge < -0.3 is 9.47 Å². The third-order valence-corrected chi connectivity index (χ3v) is 5.84. The molecule has 6 nitrogen and oxygen atoms in total. The molecule has 0 aliphatic rings. The molecule has 27 heavy (non-hydrogen) atoms. The van der Waals surface area contributed by atoms with E-state index in [-0.39, 0.29) is 17.3 Å². The Labute approximate surface area is 158 Å². The van der Waals surface area contributed by atoms with Crippen LogP contribution in [0.25, 0.3) is 0 Å². The van der Waals surface area contributed by atoms with E-state index in [1.807, 2.05) is 13.8 Å². The van der Waals surface area contributed by atoms with Gasteiger partial charge in [0.15, 0.2) is 11.6 Å². The van der Waals surface area contributed by atoms with Gasteiger partial charge in [0.25, 0.3) is 10.0 Å². The Bertz CT molecular complexity index is 943. The van der Waals surface area contributed by atoms with Crippen LogP contribution in [-0.2, 0) is 19.6 Å². The molecule has 2 aromatic rings. The maximum atomic E-state index is 14.0. The Balaban J connectivity index is 2.55. The number of esters is 1. The fraction of sp³-hybridized carbons (Fsp3) is 0.316. The first-order valence-electron chi connectivity index (χ1n) is 8.29. The Hall–Kier alpha value is -2.61. The van der Waals surface area contributed by atoms with E-state index in [4.69, 9.17) is 9.47 Å². The van der Waals surface area contributed by atoms with Gasteiger partial charge in [-0.05, 0) is 62.2 Å². The van der Waals surface area contributed by atoms with Crippen LogP contribution in [0, 0.1) is 19.7 Å². The molecule has 0 aliphatic heterocycles. The summed E-state index contributed by atoms with van der Waals surface area (Å²) in [5, 5.41) is 0. The first-order valence-corrected chi connectivity index (χ1v) is 9.73. The molecule has 0 unspecified atom stereocenters. The Morgan fingerprint density at radius 2 is 1.81 bits per heavy atom. The molecule has 0 amide bonds. The second-order valence-electron chi connectivity index (χ2n) is 5.88. The molecule has 8 heteroatoms. The third-order valence-electron chi connectivity index (χ3n) is 4.07. The van der Waals surface area contributed by atoms with Crippen LogP contribution >= 0.6 is 0 Å². The van der Waals surface area contributed by atoms with Crippen molar-refractivity contribution in [3.63, 3.8) is 0 Å². The zero-order chi connectivity index (χ0) is 20.2. The van der Waals surface area contributed by atoms with E-state index in [0.29, 0.717) is 5.69 Å². The second-order valence-corrected chi connectivity index (χ2v) is 7.74. The smallest absolute Gasteiger partial charge is 0.326 e. The zero-order valence-corrected chi connectivity index (χ0v) is 16.5. The van der Waals surface area contributed by atoms with Crippen LogP contribution in [-0.4, -0.2) is 34.6 Å². The van der Waals surface area contributed by atoms with E-state index in [0.717, 1.165) is 21.5 Å². The number of methoxy groups -OCH3 is 1. The highest BCUT2D eigenvalue weighted by molar-refractivity contribution is 7.92. The molecule has 0 aromatic heterocycles. The average Bonchev–Trinajstić information content (AvgIpc) is 2.62. The summed E-state index contributed by atoms with van der Waals surface area (Å²) in [7, 11) is -2.92. The summed E-state index contributed by atoms with van der Waals surface area (Å²) in [4.78, 5) is 11.7. The van der Waals surface area contributed by atoms with Crippen molar-refractivity contribution in [2.75, 3.05) is 24.6 Å². The van der Waals surface area contributed by atoms with E-state index in [1.54, 1.807) is 25.1 Å². The topological polar surface area (TPSA) is 72.9 Å². The molecule has 0 spiro atoms. The summed E-state index contributed by atoms with van der Waals surface area (Å²) in [6.07, 6.45) is 0. The number of carbonyl (C=O) groups excluding carboxylic acids is 1. The molecule has 146 valence electrons. The average molecular weight is 395 g/mol. The summed E-state index contributed by atoms with van der Waals surface area (Å²) >= 11 is 0. The SMILES string of the molecule is CCOC(=O)CN(c1ccc(C)c(C)c1)S(=O)(=O)c1ccc(OC)c(F)c1. The van der Waals surface area contributed by atoms with Crippen molar-refractivity contribution >= 4 is 21.7 Å². The number of halogens is 1. The molecule has 0 radical (unpaired) electrons. The van der Waals surface area contributed by atoms with E-state index < -0.39 is 28.4 Å². The standard InChI is InChI=1S/C19H22FNO5S/c1-5-26-19(22)12-21(15-7-6-13(2)14(3)10-15)27(23,24)16-8-9-18(25-4)17(20)11-16/h6-11H,5,12H2,1-4H3. The van der Waals surface area contributed by atoms with Gasteiger partial charge in [0.2, 0.25) is 0 Å². The minimum Gasteiger partial charge on any atom is -0.494 e. The van der Waals surface area contributed by atoms with Crippen molar-refractivity contribution in [3.8, 4) is 5.75 Å². The van der Waals surface area contributed by atoms with Crippen molar-refractivity contribution in [2.24, 2.45) is 0 Å². The van der Waals surface area contributed by atoms with Gasteiger partial charge in [-0.25, -0.2) is 12.8 Å². The van der Waals surface area contributed by atoms with Crippen LogP contribution in [0.3, 0.4) is 0 Å². The monoisotopic (exact) mass is 395 g/mol. The fourth-order valence-electron chi connectivity index (χ4n) is 2.45. The predicted molar refractivity (Wildman–Crippen MR) is 100 cm³/mol. The molecule has 0 N–H and O–H groups in total. The lowest BCUT2D eigenvalue weighted by Gasteiger charge is -2.24. The van der Waals surface area contributed by atoms with Gasteiger partial charge in [-0.3, -0.25) is 9.10 Å². The molecule has 0 aliphatic carbocycles. The minimum absolute atomic E-state index is 0.0722. The normalized spacial score (nSPS) is 11.1. The lowest BCUT2D eigenvalue weighted by Crippen LogP contribution is -2.36. The zero-order valence-electron chi connectivity index (χ0n) is 15.7. The molecule has 2 aromatic carbocycles. The quantitative estimate of drug-likeness (QED) is 0.673. The largest absolute Gasteiger partial charge is 0.494 e. The Morgan fingerprint density at radius 3 is 2.37 bits per heavy atom. The van der Waals surface area contributed by atoms with Crippen molar-refractivity contribution in [1.82, 2.24) is 0 Å². The number of sulfonamides is 1. The van der Waals surface area contributed by atoms with Gasteiger partial charge in [-0.2, -0.15) is 0 Å². The number of hydrogen-bond donors (Lipinski definition) is 0. The lowest BCUT2D eigenvalue weighted by atomic mass is 10.1. The van der Waals surface area contributed by atoms with Crippen molar-refractivity contribution in [3.05, 3.63) is 53.3 Å².